The fourth-order valence-corrected chi connectivity index (χ4v) is 2.75. The monoisotopic (exact) mass is 296 g/mol. The minimum atomic E-state index is -0.0153. The Morgan fingerprint density at radius 3 is 2.73 bits per heavy atom. The number of hydrogen-bond acceptors (Lipinski definition) is 2. The van der Waals surface area contributed by atoms with E-state index in [-0.39, 0.29) is 6.03 Å². The van der Waals surface area contributed by atoms with E-state index < -0.39 is 0 Å². The number of amides is 2. The van der Waals surface area contributed by atoms with Crippen LogP contribution in [-0.4, -0.2) is 26.2 Å². The smallest absolute Gasteiger partial charge is 0.321 e. The van der Waals surface area contributed by atoms with Crippen LogP contribution in [0.4, 0.5) is 10.5 Å². The summed E-state index contributed by atoms with van der Waals surface area (Å²) in [5.74, 6) is 0.849. The number of carbonyl (C=O) groups is 1. The van der Waals surface area contributed by atoms with Crippen molar-refractivity contribution in [2.24, 2.45) is 0 Å². The Morgan fingerprint density at radius 1 is 1.18 bits per heavy atom. The van der Waals surface area contributed by atoms with Gasteiger partial charge in [-0.15, -0.1) is 0 Å². The number of anilines is 1. The standard InChI is InChI=1S/C18H20N2O2/c1-22-16-8-6-14(7-9-16)10-12-19-18(21)20-13-11-15-4-2-3-5-17(15)20/h2-9H,10-13H2,1H3,(H,19,21). The molecule has 3 rings (SSSR count). The molecule has 0 atom stereocenters. The summed E-state index contributed by atoms with van der Waals surface area (Å²) in [5.41, 5.74) is 3.46. The quantitative estimate of drug-likeness (QED) is 0.942. The summed E-state index contributed by atoms with van der Waals surface area (Å²) in [6.07, 6.45) is 1.74. The van der Waals surface area contributed by atoms with Gasteiger partial charge in [0.15, 0.2) is 0 Å². The molecule has 0 spiro atoms. The average molecular weight is 296 g/mol. The fraction of sp³-hybridized carbons (Fsp3) is 0.278. The van der Waals surface area contributed by atoms with Crippen LogP contribution < -0.4 is 15.0 Å². The number of nitrogens with one attached hydrogen (secondary N) is 1. The second kappa shape index (κ2) is 6.52. The van der Waals surface area contributed by atoms with Gasteiger partial charge >= 0.3 is 6.03 Å². The molecule has 0 bridgehead atoms. The molecule has 2 aromatic rings. The van der Waals surface area contributed by atoms with Gasteiger partial charge in [-0.1, -0.05) is 30.3 Å². The molecule has 1 heterocycles. The van der Waals surface area contributed by atoms with Crippen LogP contribution in [0.25, 0.3) is 0 Å². The van der Waals surface area contributed by atoms with E-state index in [1.165, 1.54) is 11.1 Å². The Morgan fingerprint density at radius 2 is 1.95 bits per heavy atom. The summed E-state index contributed by atoms with van der Waals surface area (Å²) in [6.45, 7) is 1.39. The highest BCUT2D eigenvalue weighted by molar-refractivity contribution is 5.94. The fourth-order valence-electron chi connectivity index (χ4n) is 2.75. The predicted octanol–water partition coefficient (Wildman–Crippen LogP) is 3.01. The van der Waals surface area contributed by atoms with Crippen LogP contribution >= 0.6 is 0 Å². The molecule has 2 amide bonds. The van der Waals surface area contributed by atoms with E-state index in [1.807, 2.05) is 47.4 Å². The summed E-state index contributed by atoms with van der Waals surface area (Å²) in [7, 11) is 1.66. The number of carbonyl (C=O) groups excluding carboxylic acids is 1. The highest BCUT2D eigenvalue weighted by Crippen LogP contribution is 2.27. The molecule has 4 heteroatoms. The maximum absolute atomic E-state index is 12.3. The van der Waals surface area contributed by atoms with Crippen molar-refractivity contribution in [2.75, 3.05) is 25.1 Å². The molecule has 4 nitrogen and oxygen atoms in total. The van der Waals surface area contributed by atoms with Crippen molar-refractivity contribution in [3.8, 4) is 5.75 Å². The highest BCUT2D eigenvalue weighted by Gasteiger charge is 2.23. The minimum absolute atomic E-state index is 0.0153. The zero-order valence-corrected chi connectivity index (χ0v) is 12.7. The number of para-hydroxylation sites is 1. The van der Waals surface area contributed by atoms with Gasteiger partial charge in [-0.3, -0.25) is 4.90 Å². The first kappa shape index (κ1) is 14.4. The molecular formula is C18H20N2O2. The number of hydrogen-bond donors (Lipinski definition) is 1. The SMILES string of the molecule is COc1ccc(CCNC(=O)N2CCc3ccccc32)cc1. The second-order valence-corrected chi connectivity index (χ2v) is 5.36. The molecule has 0 saturated carbocycles. The van der Waals surface area contributed by atoms with E-state index in [9.17, 15) is 4.79 Å². The second-order valence-electron chi connectivity index (χ2n) is 5.36. The Balaban J connectivity index is 1.52. The summed E-state index contributed by atoms with van der Waals surface area (Å²) >= 11 is 0. The third-order valence-electron chi connectivity index (χ3n) is 3.98. The zero-order valence-electron chi connectivity index (χ0n) is 12.7. The Hall–Kier alpha value is -2.49. The lowest BCUT2D eigenvalue weighted by molar-refractivity contribution is 0.247. The highest BCUT2D eigenvalue weighted by atomic mass is 16.5. The van der Waals surface area contributed by atoms with Crippen LogP contribution in [0.1, 0.15) is 11.1 Å². The van der Waals surface area contributed by atoms with Crippen LogP contribution in [0, 0.1) is 0 Å². The molecule has 0 aromatic heterocycles. The Kier molecular flexibility index (Phi) is 4.28. The van der Waals surface area contributed by atoms with Crippen molar-refractivity contribution in [3.63, 3.8) is 0 Å². The van der Waals surface area contributed by atoms with E-state index in [4.69, 9.17) is 4.74 Å². The maximum atomic E-state index is 12.3. The molecule has 2 aromatic carbocycles. The summed E-state index contributed by atoms with van der Waals surface area (Å²) in [5, 5.41) is 3.00. The molecule has 22 heavy (non-hydrogen) atoms. The number of benzene rings is 2. The number of nitrogens with zero attached hydrogens (tertiary/aromatic N) is 1. The van der Waals surface area contributed by atoms with Crippen molar-refractivity contribution in [1.29, 1.82) is 0 Å². The van der Waals surface area contributed by atoms with Crippen molar-refractivity contribution >= 4 is 11.7 Å². The molecule has 0 fully saturated rings. The van der Waals surface area contributed by atoms with E-state index in [2.05, 4.69) is 11.4 Å². The van der Waals surface area contributed by atoms with Crippen LogP contribution in [0.15, 0.2) is 48.5 Å². The molecular weight excluding hydrogens is 276 g/mol. The van der Waals surface area contributed by atoms with Crippen LogP contribution in [0.5, 0.6) is 5.75 Å². The summed E-state index contributed by atoms with van der Waals surface area (Å²) in [6, 6.07) is 16.0. The van der Waals surface area contributed by atoms with Crippen molar-refractivity contribution < 1.29 is 9.53 Å². The van der Waals surface area contributed by atoms with Gasteiger partial charge in [0.05, 0.1) is 7.11 Å². The third-order valence-corrected chi connectivity index (χ3v) is 3.98. The zero-order chi connectivity index (χ0) is 15.4. The molecule has 0 radical (unpaired) electrons. The normalized spacial score (nSPS) is 12.9. The third kappa shape index (κ3) is 3.06. The van der Waals surface area contributed by atoms with Crippen LogP contribution in [0.2, 0.25) is 0 Å². The van der Waals surface area contributed by atoms with Gasteiger partial charge < -0.3 is 10.1 Å². The number of ether oxygens (including phenoxy) is 1. The number of methoxy groups -OCH3 is 1. The van der Waals surface area contributed by atoms with E-state index in [1.54, 1.807) is 7.11 Å². The van der Waals surface area contributed by atoms with Crippen LogP contribution in [-0.2, 0) is 12.8 Å². The van der Waals surface area contributed by atoms with E-state index >= 15 is 0 Å². The van der Waals surface area contributed by atoms with Crippen molar-refractivity contribution in [2.45, 2.75) is 12.8 Å². The largest absolute Gasteiger partial charge is 0.497 e. The molecule has 0 saturated heterocycles. The van der Waals surface area contributed by atoms with Gasteiger partial charge in [-0.05, 0) is 42.2 Å². The number of urea groups is 1. The first-order valence-electron chi connectivity index (χ1n) is 7.54. The van der Waals surface area contributed by atoms with Gasteiger partial charge in [-0.2, -0.15) is 0 Å². The minimum Gasteiger partial charge on any atom is -0.497 e. The Labute approximate surface area is 130 Å². The van der Waals surface area contributed by atoms with E-state index in [0.717, 1.165) is 30.8 Å². The van der Waals surface area contributed by atoms with Gasteiger partial charge in [-0.25, -0.2) is 4.79 Å². The lowest BCUT2D eigenvalue weighted by Crippen LogP contribution is -2.39. The number of fused-ring (bicyclic) bond motifs is 1. The lowest BCUT2D eigenvalue weighted by Gasteiger charge is -2.18. The first-order valence-corrected chi connectivity index (χ1v) is 7.54. The van der Waals surface area contributed by atoms with Gasteiger partial charge in [0.1, 0.15) is 5.75 Å². The summed E-state index contributed by atoms with van der Waals surface area (Å²) < 4.78 is 5.14. The molecule has 0 unspecified atom stereocenters. The number of rotatable bonds is 4. The maximum Gasteiger partial charge on any atom is 0.321 e. The van der Waals surface area contributed by atoms with Crippen molar-refractivity contribution in [3.05, 3.63) is 59.7 Å². The van der Waals surface area contributed by atoms with Gasteiger partial charge in [0, 0.05) is 18.8 Å². The first-order chi connectivity index (χ1) is 10.8. The average Bonchev–Trinajstić information content (AvgIpc) is 2.99. The molecule has 1 N–H and O–H groups in total. The lowest BCUT2D eigenvalue weighted by atomic mass is 10.1. The molecule has 1 aliphatic heterocycles. The van der Waals surface area contributed by atoms with Crippen LogP contribution in [0.3, 0.4) is 0 Å². The van der Waals surface area contributed by atoms with Gasteiger partial charge in [0.25, 0.3) is 0 Å². The topological polar surface area (TPSA) is 41.6 Å². The van der Waals surface area contributed by atoms with E-state index in [0.29, 0.717) is 6.54 Å². The van der Waals surface area contributed by atoms with Gasteiger partial charge in [0.2, 0.25) is 0 Å². The summed E-state index contributed by atoms with van der Waals surface area (Å²) in [4.78, 5) is 14.1. The Bertz CT molecular complexity index is 652. The van der Waals surface area contributed by atoms with Crippen molar-refractivity contribution in [1.82, 2.24) is 5.32 Å². The molecule has 114 valence electrons. The predicted molar refractivity (Wildman–Crippen MR) is 87.6 cm³/mol. The molecule has 0 aliphatic carbocycles. The molecule has 1 aliphatic rings.